The van der Waals surface area contributed by atoms with Gasteiger partial charge in [0.25, 0.3) is 0 Å². The highest BCUT2D eigenvalue weighted by molar-refractivity contribution is 7.78. The number of hydrogen-bond donors (Lipinski definition) is 0. The monoisotopic (exact) mass is 244 g/mol. The van der Waals surface area contributed by atoms with Gasteiger partial charge in [-0.2, -0.15) is 0 Å². The molecular weight excluding hydrogens is 227 g/mol. The summed E-state index contributed by atoms with van der Waals surface area (Å²) in [6.45, 7) is 5.93. The van der Waals surface area contributed by atoms with E-state index in [1.807, 2.05) is 56.1 Å². The zero-order valence-corrected chi connectivity index (χ0v) is 11.4. The lowest BCUT2D eigenvalue weighted by Gasteiger charge is -2.16. The van der Waals surface area contributed by atoms with Crippen LogP contribution in [0.15, 0.2) is 48.5 Å². The third kappa shape index (κ3) is 2.35. The van der Waals surface area contributed by atoms with Crippen molar-refractivity contribution in [1.82, 2.24) is 0 Å². The van der Waals surface area contributed by atoms with E-state index in [1.54, 1.807) is 0 Å². The van der Waals surface area contributed by atoms with E-state index in [9.17, 15) is 4.57 Å². The van der Waals surface area contributed by atoms with Crippen LogP contribution in [-0.4, -0.2) is 6.66 Å². The predicted molar refractivity (Wildman–Crippen MR) is 75.2 cm³/mol. The molecule has 0 aliphatic rings. The fourth-order valence-electron chi connectivity index (χ4n) is 2.14. The molecule has 0 fully saturated rings. The first-order chi connectivity index (χ1) is 8.01. The van der Waals surface area contributed by atoms with E-state index in [1.165, 1.54) is 5.56 Å². The number of benzene rings is 2. The minimum Gasteiger partial charge on any atom is -0.314 e. The molecule has 0 saturated carbocycles. The van der Waals surface area contributed by atoms with Gasteiger partial charge < -0.3 is 4.57 Å². The van der Waals surface area contributed by atoms with Crippen molar-refractivity contribution in [2.75, 3.05) is 6.66 Å². The Bertz CT molecular complexity index is 573. The molecule has 2 rings (SSSR count). The van der Waals surface area contributed by atoms with E-state index in [4.69, 9.17) is 0 Å². The molecule has 1 atom stereocenters. The Morgan fingerprint density at radius 2 is 1.59 bits per heavy atom. The SMILES string of the molecule is Cc1ccc([P@](C)(=O)c2ccccc2)c(C)c1. The van der Waals surface area contributed by atoms with Crippen LogP contribution in [-0.2, 0) is 4.57 Å². The largest absolute Gasteiger partial charge is 0.314 e. The van der Waals surface area contributed by atoms with Gasteiger partial charge in [0, 0.05) is 10.6 Å². The fraction of sp³-hybridized carbons (Fsp3) is 0.200. The van der Waals surface area contributed by atoms with E-state index in [0.717, 1.165) is 16.2 Å². The van der Waals surface area contributed by atoms with E-state index in [2.05, 4.69) is 13.0 Å². The van der Waals surface area contributed by atoms with Crippen molar-refractivity contribution in [2.24, 2.45) is 0 Å². The number of rotatable bonds is 2. The predicted octanol–water partition coefficient (Wildman–Crippen LogP) is 3.25. The maximum absolute atomic E-state index is 12.9. The maximum atomic E-state index is 12.9. The normalized spacial score (nSPS) is 14.3. The summed E-state index contributed by atoms with van der Waals surface area (Å²) >= 11 is 0. The van der Waals surface area contributed by atoms with Gasteiger partial charge in [-0.05, 0) is 26.1 Å². The van der Waals surface area contributed by atoms with Crippen LogP contribution in [0.1, 0.15) is 11.1 Å². The lowest BCUT2D eigenvalue weighted by Crippen LogP contribution is -2.17. The summed E-state index contributed by atoms with van der Waals surface area (Å²) in [5, 5.41) is 1.89. The van der Waals surface area contributed by atoms with Crippen molar-refractivity contribution in [3.63, 3.8) is 0 Å². The summed E-state index contributed by atoms with van der Waals surface area (Å²) in [5.74, 6) is 0. The number of aryl methyl sites for hydroxylation is 2. The molecule has 0 radical (unpaired) electrons. The summed E-state index contributed by atoms with van der Waals surface area (Å²) in [7, 11) is -2.45. The van der Waals surface area contributed by atoms with Crippen LogP contribution < -0.4 is 10.6 Å². The van der Waals surface area contributed by atoms with Crippen LogP contribution in [0.3, 0.4) is 0 Å². The molecule has 0 aromatic heterocycles. The van der Waals surface area contributed by atoms with Crippen molar-refractivity contribution in [2.45, 2.75) is 13.8 Å². The average molecular weight is 244 g/mol. The minimum absolute atomic E-state index is 0.923. The molecule has 2 aromatic rings. The van der Waals surface area contributed by atoms with Crippen LogP contribution in [0.2, 0.25) is 0 Å². The van der Waals surface area contributed by atoms with Crippen molar-refractivity contribution >= 4 is 17.8 Å². The first kappa shape index (κ1) is 12.1. The topological polar surface area (TPSA) is 17.1 Å². The van der Waals surface area contributed by atoms with Crippen molar-refractivity contribution in [3.8, 4) is 0 Å². The molecule has 0 heterocycles. The van der Waals surface area contributed by atoms with Crippen LogP contribution in [0, 0.1) is 13.8 Å². The Hall–Kier alpha value is -1.33. The Kier molecular flexibility index (Phi) is 3.22. The minimum atomic E-state index is -2.45. The zero-order chi connectivity index (χ0) is 12.5. The molecule has 1 nitrogen and oxygen atoms in total. The average Bonchev–Trinajstić information content (AvgIpc) is 2.29. The molecule has 2 heteroatoms. The molecule has 88 valence electrons. The fourth-order valence-corrected chi connectivity index (χ4v) is 4.25. The second-order valence-corrected chi connectivity index (χ2v) is 7.40. The van der Waals surface area contributed by atoms with Gasteiger partial charge in [-0.25, -0.2) is 0 Å². The van der Waals surface area contributed by atoms with Gasteiger partial charge in [0.2, 0.25) is 0 Å². The molecule has 0 spiro atoms. The van der Waals surface area contributed by atoms with Crippen LogP contribution in [0.5, 0.6) is 0 Å². The first-order valence-electron chi connectivity index (χ1n) is 5.73. The van der Waals surface area contributed by atoms with Gasteiger partial charge in [0.1, 0.15) is 7.14 Å². The van der Waals surface area contributed by atoms with Gasteiger partial charge in [-0.3, -0.25) is 0 Å². The molecule has 0 aliphatic carbocycles. The standard InChI is InChI=1S/C15H17OP/c1-12-9-10-15(13(2)11-12)17(3,16)14-7-5-4-6-8-14/h4-11H,1-3H3/t17-/m1/s1. The summed E-state index contributed by atoms with van der Waals surface area (Å²) in [6, 6.07) is 15.8. The lowest BCUT2D eigenvalue weighted by molar-refractivity contribution is 0.590. The lowest BCUT2D eigenvalue weighted by atomic mass is 10.2. The molecule has 0 N–H and O–H groups in total. The van der Waals surface area contributed by atoms with E-state index in [0.29, 0.717) is 0 Å². The highest BCUT2D eigenvalue weighted by Gasteiger charge is 2.22. The van der Waals surface area contributed by atoms with Crippen LogP contribution in [0.4, 0.5) is 0 Å². The number of hydrogen-bond acceptors (Lipinski definition) is 1. The van der Waals surface area contributed by atoms with Crippen molar-refractivity contribution < 1.29 is 4.57 Å². The molecule has 0 saturated heterocycles. The quantitative estimate of drug-likeness (QED) is 0.741. The molecule has 17 heavy (non-hydrogen) atoms. The third-order valence-corrected chi connectivity index (χ3v) is 5.77. The molecule has 0 unspecified atom stereocenters. The molecule has 0 aliphatic heterocycles. The summed E-state index contributed by atoms with van der Waals surface area (Å²) < 4.78 is 12.9. The first-order valence-corrected chi connectivity index (χ1v) is 7.88. The smallest absolute Gasteiger partial charge is 0.140 e. The Labute approximate surface area is 103 Å². The molecule has 2 aromatic carbocycles. The van der Waals surface area contributed by atoms with Crippen molar-refractivity contribution in [3.05, 3.63) is 59.7 Å². The third-order valence-electron chi connectivity index (χ3n) is 3.06. The van der Waals surface area contributed by atoms with Crippen LogP contribution >= 0.6 is 7.14 Å². The van der Waals surface area contributed by atoms with Gasteiger partial charge >= 0.3 is 0 Å². The van der Waals surface area contributed by atoms with E-state index < -0.39 is 7.14 Å². The Balaban J connectivity index is 2.56. The summed E-state index contributed by atoms with van der Waals surface area (Å²) in [4.78, 5) is 0. The van der Waals surface area contributed by atoms with Gasteiger partial charge in [-0.15, -0.1) is 0 Å². The molecule has 0 amide bonds. The Morgan fingerprint density at radius 3 is 2.18 bits per heavy atom. The van der Waals surface area contributed by atoms with E-state index in [-0.39, 0.29) is 0 Å². The van der Waals surface area contributed by atoms with Gasteiger partial charge in [0.15, 0.2) is 0 Å². The van der Waals surface area contributed by atoms with Gasteiger partial charge in [0.05, 0.1) is 0 Å². The molecule has 0 bridgehead atoms. The highest BCUT2D eigenvalue weighted by Crippen LogP contribution is 2.39. The molecular formula is C15H17OP. The van der Waals surface area contributed by atoms with E-state index >= 15 is 0 Å². The van der Waals surface area contributed by atoms with Gasteiger partial charge in [-0.1, -0.05) is 54.1 Å². The highest BCUT2D eigenvalue weighted by atomic mass is 31.2. The maximum Gasteiger partial charge on any atom is 0.140 e. The zero-order valence-electron chi connectivity index (χ0n) is 10.5. The van der Waals surface area contributed by atoms with Crippen molar-refractivity contribution in [1.29, 1.82) is 0 Å². The summed E-state index contributed by atoms with van der Waals surface area (Å²) in [6.07, 6.45) is 0. The Morgan fingerprint density at radius 1 is 0.941 bits per heavy atom. The summed E-state index contributed by atoms with van der Waals surface area (Å²) in [5.41, 5.74) is 2.32. The van der Waals surface area contributed by atoms with Crippen LogP contribution in [0.25, 0.3) is 0 Å². The second kappa shape index (κ2) is 4.50. The second-order valence-electron chi connectivity index (χ2n) is 4.55.